The Labute approximate surface area is 233 Å². The van der Waals surface area contributed by atoms with Gasteiger partial charge in [0.1, 0.15) is 0 Å². The molecule has 0 rings (SSSR count). The Morgan fingerprint density at radius 3 is 0.745 bits per heavy atom. The first-order chi connectivity index (χ1) is 19.7. The van der Waals surface area contributed by atoms with Crippen LogP contribution in [0.2, 0.25) is 0 Å². The minimum absolute atomic E-state index is 0.844. The fourth-order valence-corrected chi connectivity index (χ4v) is 2.01. The van der Waals surface area contributed by atoms with E-state index in [1.54, 1.807) is 0 Å². The van der Waals surface area contributed by atoms with E-state index in [1.807, 2.05) is 0 Å². The second-order valence-electron chi connectivity index (χ2n) is 7.70. The van der Waals surface area contributed by atoms with E-state index in [1.165, 1.54) is 4.74 Å². The summed E-state index contributed by atoms with van der Waals surface area (Å²) in [6.45, 7) is 0. The van der Waals surface area contributed by atoms with Crippen molar-refractivity contribution in [2.75, 3.05) is 0 Å². The number of hydrogen-bond acceptors (Lipinski definition) is 4. The lowest BCUT2D eigenvalue weighted by Crippen LogP contribution is -2.71. The van der Waals surface area contributed by atoms with Gasteiger partial charge in [-0.15, -0.1) is 0 Å². The molecule has 0 N–H and O–H groups in total. The average Bonchev–Trinajstić information content (AvgIpc) is 2.73. The summed E-state index contributed by atoms with van der Waals surface area (Å²) in [4.78, 5) is 0. The molecular formula is C14HF29O4. The quantitative estimate of drug-likeness (QED) is 0.185. The van der Waals surface area contributed by atoms with Gasteiger partial charge >= 0.3 is 78.8 Å². The summed E-state index contributed by atoms with van der Waals surface area (Å²) in [7, 11) is 0. The van der Waals surface area contributed by atoms with Crippen LogP contribution in [0.4, 0.5) is 127 Å². The fraction of sp³-hybridized carbons (Fsp3) is 1.00. The van der Waals surface area contributed by atoms with Crippen LogP contribution >= 0.6 is 0 Å². The lowest BCUT2D eigenvalue weighted by atomic mass is 10.2. The third kappa shape index (κ3) is 7.84. The molecule has 0 aromatic carbocycles. The Hall–Kier alpha value is -2.19. The molecule has 0 aromatic heterocycles. The van der Waals surface area contributed by atoms with E-state index >= 15 is 0 Å². The average molecular weight is 784 g/mol. The molecule has 0 aliphatic carbocycles. The van der Waals surface area contributed by atoms with Crippen molar-refractivity contribution in [2.45, 2.75) is 85.2 Å². The van der Waals surface area contributed by atoms with E-state index in [0.717, 1.165) is 14.2 Å². The predicted molar refractivity (Wildman–Crippen MR) is 75.8 cm³/mol. The van der Waals surface area contributed by atoms with Crippen LogP contribution in [0.25, 0.3) is 0 Å². The van der Waals surface area contributed by atoms with Crippen molar-refractivity contribution < 1.29 is 146 Å². The van der Waals surface area contributed by atoms with Crippen molar-refractivity contribution in [3.8, 4) is 0 Å². The Kier molecular flexibility index (Phi) is 11.2. The van der Waals surface area contributed by atoms with Crippen molar-refractivity contribution in [3.63, 3.8) is 0 Å². The van der Waals surface area contributed by atoms with Gasteiger partial charge < -0.3 is 0 Å². The minimum Gasteiger partial charge on any atom is -0.272 e. The standard InChI is InChI=1S/C14HF29O4/c15-1(2(16,17)18)44-12(38,39)4(21,8(27,28)29)46-14(42,43)6(23,10(33,34)35)47-13(40,41)5(22,9(30,31)32)45-11(36,37)3(19,20)7(24,25)26/h1H/t1-,4+,5-,6-/m1/s1. The maximum absolute atomic E-state index is 14.2. The second-order valence-corrected chi connectivity index (χ2v) is 7.70. The SMILES string of the molecule is F[C@H](OC(F)(F)[C@@](F)(OC(F)(F)[C@](F)(OC(F)(F)[C@](F)(OC(F)(F)C(F)(F)C(F)(F)F)C(F)(F)F)C(F)(F)F)C(F)(F)F)C(F)(F)F. The molecule has 0 aromatic rings. The molecule has 0 aliphatic heterocycles. The summed E-state index contributed by atoms with van der Waals surface area (Å²) >= 11 is 0. The van der Waals surface area contributed by atoms with E-state index in [9.17, 15) is 127 Å². The normalized spacial score (nSPS) is 20.4. The third-order valence-corrected chi connectivity index (χ3v) is 4.25. The number of rotatable bonds is 12. The Morgan fingerprint density at radius 2 is 0.532 bits per heavy atom. The first kappa shape index (κ1) is 44.8. The largest absolute Gasteiger partial charge is 0.462 e. The summed E-state index contributed by atoms with van der Waals surface area (Å²) in [5, 5.41) is 0. The molecule has 0 heterocycles. The van der Waals surface area contributed by atoms with Gasteiger partial charge in [0, 0.05) is 0 Å². The highest BCUT2D eigenvalue weighted by Gasteiger charge is 2.89. The zero-order chi connectivity index (χ0) is 38.9. The first-order valence-electron chi connectivity index (χ1n) is 9.46. The van der Waals surface area contributed by atoms with Gasteiger partial charge in [0.2, 0.25) is 0 Å². The number of hydrogen-bond donors (Lipinski definition) is 0. The molecule has 0 fully saturated rings. The van der Waals surface area contributed by atoms with Crippen molar-refractivity contribution >= 4 is 0 Å². The van der Waals surface area contributed by atoms with Gasteiger partial charge in [0.05, 0.1) is 0 Å². The van der Waals surface area contributed by atoms with E-state index in [2.05, 4.69) is 0 Å². The first-order valence-corrected chi connectivity index (χ1v) is 9.46. The number of alkyl halides is 29. The molecule has 4 atom stereocenters. The molecule has 0 saturated heterocycles. The van der Waals surface area contributed by atoms with Crippen molar-refractivity contribution in [1.82, 2.24) is 0 Å². The van der Waals surface area contributed by atoms with Crippen molar-refractivity contribution in [1.29, 1.82) is 0 Å². The summed E-state index contributed by atoms with van der Waals surface area (Å²) in [6.07, 6.45) is -81.9. The van der Waals surface area contributed by atoms with Crippen LogP contribution < -0.4 is 0 Å². The number of ether oxygens (including phenoxy) is 4. The molecule has 0 radical (unpaired) electrons. The van der Waals surface area contributed by atoms with Gasteiger partial charge in [0.15, 0.2) is 0 Å². The maximum atomic E-state index is 14.2. The van der Waals surface area contributed by atoms with Gasteiger partial charge in [-0.05, 0) is 0 Å². The summed E-state index contributed by atoms with van der Waals surface area (Å²) in [5.41, 5.74) is 0. The van der Waals surface area contributed by atoms with Crippen LogP contribution in [0, 0.1) is 0 Å². The Bertz CT molecular complexity index is 1080. The van der Waals surface area contributed by atoms with Gasteiger partial charge in [-0.25, -0.2) is 4.39 Å². The third-order valence-electron chi connectivity index (χ3n) is 4.25. The molecule has 0 spiro atoms. The molecule has 0 amide bonds. The van der Waals surface area contributed by atoms with Gasteiger partial charge in [-0.2, -0.15) is 123 Å². The van der Waals surface area contributed by atoms with E-state index in [0.29, 0.717) is 0 Å². The predicted octanol–water partition coefficient (Wildman–Crippen LogP) is 9.16. The summed E-state index contributed by atoms with van der Waals surface area (Å²) in [6, 6.07) is 0. The van der Waals surface area contributed by atoms with E-state index in [4.69, 9.17) is 0 Å². The summed E-state index contributed by atoms with van der Waals surface area (Å²) < 4.78 is 381. The molecule has 0 unspecified atom stereocenters. The highest BCUT2D eigenvalue weighted by atomic mass is 19.4. The maximum Gasteiger partial charge on any atom is 0.462 e. The lowest BCUT2D eigenvalue weighted by Gasteiger charge is -2.43. The number of halogens is 29. The van der Waals surface area contributed by atoms with Gasteiger partial charge in [0.25, 0.3) is 6.36 Å². The van der Waals surface area contributed by atoms with Crippen LogP contribution in [-0.2, 0) is 18.9 Å². The highest BCUT2D eigenvalue weighted by molar-refractivity contribution is 4.98. The molecule has 47 heavy (non-hydrogen) atoms. The molecule has 4 nitrogen and oxygen atoms in total. The Morgan fingerprint density at radius 1 is 0.298 bits per heavy atom. The van der Waals surface area contributed by atoms with Gasteiger partial charge in [-0.1, -0.05) is 0 Å². The summed E-state index contributed by atoms with van der Waals surface area (Å²) in [5.74, 6) is -35.1. The molecule has 284 valence electrons. The van der Waals surface area contributed by atoms with Crippen LogP contribution in [-0.4, -0.2) is 85.2 Å². The second kappa shape index (κ2) is 11.7. The van der Waals surface area contributed by atoms with Crippen LogP contribution in [0.15, 0.2) is 0 Å². The monoisotopic (exact) mass is 784 g/mol. The molecule has 33 heteroatoms. The highest BCUT2D eigenvalue weighted by Crippen LogP contribution is 2.60. The molecule has 0 saturated carbocycles. The molecule has 0 bridgehead atoms. The molecule has 0 aliphatic rings. The topological polar surface area (TPSA) is 36.9 Å². The van der Waals surface area contributed by atoms with Crippen molar-refractivity contribution in [3.05, 3.63) is 0 Å². The van der Waals surface area contributed by atoms with Crippen LogP contribution in [0.5, 0.6) is 0 Å². The van der Waals surface area contributed by atoms with Crippen molar-refractivity contribution in [2.24, 2.45) is 0 Å². The lowest BCUT2D eigenvalue weighted by molar-refractivity contribution is -0.590. The van der Waals surface area contributed by atoms with Crippen LogP contribution in [0.1, 0.15) is 0 Å². The smallest absolute Gasteiger partial charge is 0.272 e. The zero-order valence-corrected chi connectivity index (χ0v) is 19.7. The molecular weight excluding hydrogens is 783 g/mol. The van der Waals surface area contributed by atoms with E-state index in [-0.39, 0.29) is 0 Å². The zero-order valence-electron chi connectivity index (χ0n) is 19.7. The van der Waals surface area contributed by atoms with Crippen LogP contribution in [0.3, 0.4) is 0 Å². The Balaban J connectivity index is 7.48. The minimum atomic E-state index is -9.13. The van der Waals surface area contributed by atoms with Gasteiger partial charge in [-0.3, -0.25) is 18.9 Å². The van der Waals surface area contributed by atoms with E-state index < -0.39 is 85.2 Å². The fourth-order valence-electron chi connectivity index (χ4n) is 2.01.